The zero-order valence-corrected chi connectivity index (χ0v) is 7.21. The molecule has 0 fully saturated rings. The van der Waals surface area contributed by atoms with Gasteiger partial charge in [-0.25, -0.2) is 0 Å². The Bertz CT molecular complexity index is 69.0. The van der Waals surface area contributed by atoms with Gasteiger partial charge in [-0.15, -0.1) is 6.58 Å². The van der Waals surface area contributed by atoms with Gasteiger partial charge in [0.05, 0.1) is 0 Å². The molecular weight excluding hydrogens is 128 g/mol. The topological polar surface area (TPSA) is 0 Å². The molecular formula is C8H16S. The lowest BCUT2D eigenvalue weighted by molar-refractivity contribution is 0.788. The molecule has 0 saturated heterocycles. The first-order valence-corrected chi connectivity index (χ1v) is 4.58. The lowest BCUT2D eigenvalue weighted by Gasteiger charge is -2.05. The maximum atomic E-state index is 3.67. The van der Waals surface area contributed by atoms with E-state index in [2.05, 4.69) is 20.4 Å². The third-order valence-electron chi connectivity index (χ3n) is 1.19. The van der Waals surface area contributed by atoms with Gasteiger partial charge in [0.1, 0.15) is 0 Å². The first kappa shape index (κ1) is 9.09. The highest BCUT2D eigenvalue weighted by Crippen LogP contribution is 2.14. The zero-order chi connectivity index (χ0) is 7.11. The predicted octanol–water partition coefficient (Wildman–Crippen LogP) is 3.09. The maximum Gasteiger partial charge on any atom is 0.0113 e. The average molecular weight is 144 g/mol. The number of hydrogen-bond donors (Lipinski definition) is 0. The molecule has 0 aromatic rings. The van der Waals surface area contributed by atoms with Gasteiger partial charge in [0, 0.05) is 11.0 Å². The third kappa shape index (κ3) is 5.97. The van der Waals surface area contributed by atoms with Crippen LogP contribution in [0.25, 0.3) is 0 Å². The summed E-state index contributed by atoms with van der Waals surface area (Å²) in [5.74, 6) is 1.10. The highest BCUT2D eigenvalue weighted by atomic mass is 32.2. The van der Waals surface area contributed by atoms with Gasteiger partial charge in [0.2, 0.25) is 0 Å². The Labute approximate surface area is 62.7 Å². The molecule has 0 aliphatic heterocycles. The third-order valence-corrected chi connectivity index (χ3v) is 2.43. The van der Waals surface area contributed by atoms with Crippen LogP contribution in [0, 0.1) is 0 Å². The van der Waals surface area contributed by atoms with Crippen LogP contribution in [-0.2, 0) is 0 Å². The second-order valence-corrected chi connectivity index (χ2v) is 3.69. The minimum atomic E-state index is 0.813. The van der Waals surface area contributed by atoms with Gasteiger partial charge in [0.25, 0.3) is 0 Å². The van der Waals surface area contributed by atoms with E-state index in [1.807, 2.05) is 17.8 Å². The molecule has 0 N–H and O–H groups in total. The maximum absolute atomic E-state index is 3.67. The molecule has 0 bridgehead atoms. The lowest BCUT2D eigenvalue weighted by Crippen LogP contribution is -1.94. The summed E-state index contributed by atoms with van der Waals surface area (Å²) < 4.78 is 0. The Morgan fingerprint density at radius 3 is 2.78 bits per heavy atom. The largest absolute Gasteiger partial charge is 0.155 e. The van der Waals surface area contributed by atoms with E-state index >= 15 is 0 Å². The van der Waals surface area contributed by atoms with Crippen molar-refractivity contribution < 1.29 is 0 Å². The Kier molecular flexibility index (Phi) is 6.28. The van der Waals surface area contributed by atoms with Crippen LogP contribution in [-0.4, -0.2) is 11.0 Å². The lowest BCUT2D eigenvalue weighted by atomic mass is 10.3. The monoisotopic (exact) mass is 144 g/mol. The van der Waals surface area contributed by atoms with Crippen molar-refractivity contribution in [3.05, 3.63) is 12.7 Å². The van der Waals surface area contributed by atoms with Crippen molar-refractivity contribution in [2.45, 2.75) is 31.9 Å². The normalized spacial score (nSPS) is 13.1. The zero-order valence-electron chi connectivity index (χ0n) is 6.39. The van der Waals surface area contributed by atoms with Crippen molar-refractivity contribution in [2.24, 2.45) is 0 Å². The molecule has 0 heterocycles. The molecule has 54 valence electrons. The van der Waals surface area contributed by atoms with Crippen molar-refractivity contribution in [2.75, 3.05) is 5.75 Å². The molecule has 0 amide bonds. The molecule has 0 aliphatic carbocycles. The summed E-state index contributed by atoms with van der Waals surface area (Å²) in [6.45, 7) is 8.17. The molecule has 1 heteroatoms. The summed E-state index contributed by atoms with van der Waals surface area (Å²) in [6.07, 6.45) is 4.60. The van der Waals surface area contributed by atoms with Crippen LogP contribution in [0.1, 0.15) is 26.7 Å². The molecule has 1 atom stereocenters. The van der Waals surface area contributed by atoms with Gasteiger partial charge in [-0.05, 0) is 6.42 Å². The van der Waals surface area contributed by atoms with Crippen molar-refractivity contribution in [1.82, 2.24) is 0 Å². The summed E-state index contributed by atoms with van der Waals surface area (Å²) in [6, 6.07) is 0. The van der Waals surface area contributed by atoms with Gasteiger partial charge < -0.3 is 0 Å². The van der Waals surface area contributed by atoms with Crippen LogP contribution in [0.3, 0.4) is 0 Å². The smallest absolute Gasteiger partial charge is 0.0113 e. The van der Waals surface area contributed by atoms with E-state index in [9.17, 15) is 0 Å². The Morgan fingerprint density at radius 2 is 2.33 bits per heavy atom. The first-order valence-electron chi connectivity index (χ1n) is 3.53. The molecule has 0 radical (unpaired) electrons. The Hall–Kier alpha value is 0.0900. The minimum absolute atomic E-state index is 0.813. The van der Waals surface area contributed by atoms with Gasteiger partial charge >= 0.3 is 0 Å². The quantitative estimate of drug-likeness (QED) is 0.534. The van der Waals surface area contributed by atoms with Crippen molar-refractivity contribution in [1.29, 1.82) is 0 Å². The number of thioether (sulfide) groups is 1. The molecule has 1 unspecified atom stereocenters. The van der Waals surface area contributed by atoms with E-state index in [4.69, 9.17) is 0 Å². The Balaban J connectivity index is 3.04. The van der Waals surface area contributed by atoms with E-state index in [1.54, 1.807) is 0 Å². The van der Waals surface area contributed by atoms with Crippen LogP contribution < -0.4 is 0 Å². The highest BCUT2D eigenvalue weighted by molar-refractivity contribution is 8.00. The molecule has 9 heavy (non-hydrogen) atoms. The SMILES string of the molecule is C=CCSC(C)CCC. The predicted molar refractivity (Wildman–Crippen MR) is 47.0 cm³/mol. The first-order chi connectivity index (χ1) is 4.31. The molecule has 0 saturated carbocycles. The molecule has 0 aromatic heterocycles. The molecule has 0 aromatic carbocycles. The summed E-state index contributed by atoms with van der Waals surface area (Å²) in [4.78, 5) is 0. The van der Waals surface area contributed by atoms with Crippen molar-refractivity contribution in [3.8, 4) is 0 Å². The number of rotatable bonds is 5. The summed E-state index contributed by atoms with van der Waals surface area (Å²) in [5.41, 5.74) is 0. The second-order valence-electron chi connectivity index (χ2n) is 2.22. The van der Waals surface area contributed by atoms with Gasteiger partial charge in [-0.3, -0.25) is 0 Å². The fraction of sp³-hybridized carbons (Fsp3) is 0.750. The Morgan fingerprint density at radius 1 is 1.67 bits per heavy atom. The fourth-order valence-electron chi connectivity index (χ4n) is 0.722. The van der Waals surface area contributed by atoms with Crippen LogP contribution in [0.15, 0.2) is 12.7 Å². The average Bonchev–Trinajstić information content (AvgIpc) is 1.85. The van der Waals surface area contributed by atoms with Gasteiger partial charge in [-0.1, -0.05) is 26.3 Å². The minimum Gasteiger partial charge on any atom is -0.155 e. The standard InChI is InChI=1S/C8H16S/c1-4-6-8(3)9-7-5-2/h5,8H,2,4,6-7H2,1,3H3. The molecule has 0 spiro atoms. The second kappa shape index (κ2) is 6.21. The molecule has 0 rings (SSSR count). The van der Waals surface area contributed by atoms with Crippen molar-refractivity contribution in [3.63, 3.8) is 0 Å². The summed E-state index contributed by atoms with van der Waals surface area (Å²) in [5, 5.41) is 0.813. The summed E-state index contributed by atoms with van der Waals surface area (Å²) >= 11 is 1.98. The molecule has 0 nitrogen and oxygen atoms in total. The van der Waals surface area contributed by atoms with E-state index in [1.165, 1.54) is 12.8 Å². The van der Waals surface area contributed by atoms with E-state index in [-0.39, 0.29) is 0 Å². The summed E-state index contributed by atoms with van der Waals surface area (Å²) in [7, 11) is 0. The van der Waals surface area contributed by atoms with Crippen LogP contribution >= 0.6 is 11.8 Å². The highest BCUT2D eigenvalue weighted by Gasteiger charge is 1.96. The van der Waals surface area contributed by atoms with E-state index in [0.29, 0.717) is 0 Å². The van der Waals surface area contributed by atoms with Crippen LogP contribution in [0.4, 0.5) is 0 Å². The van der Waals surface area contributed by atoms with E-state index in [0.717, 1.165) is 11.0 Å². The van der Waals surface area contributed by atoms with Gasteiger partial charge in [-0.2, -0.15) is 11.8 Å². The van der Waals surface area contributed by atoms with E-state index < -0.39 is 0 Å². The van der Waals surface area contributed by atoms with Gasteiger partial charge in [0.15, 0.2) is 0 Å². The van der Waals surface area contributed by atoms with Crippen molar-refractivity contribution >= 4 is 11.8 Å². The fourth-order valence-corrected chi connectivity index (χ4v) is 1.59. The van der Waals surface area contributed by atoms with Crippen LogP contribution in [0.2, 0.25) is 0 Å². The number of hydrogen-bond acceptors (Lipinski definition) is 1. The molecule has 0 aliphatic rings. The van der Waals surface area contributed by atoms with Crippen LogP contribution in [0.5, 0.6) is 0 Å².